The Bertz CT molecular complexity index is 945. The summed E-state index contributed by atoms with van der Waals surface area (Å²) < 4.78 is 11.6. The van der Waals surface area contributed by atoms with E-state index in [9.17, 15) is 9.90 Å². The van der Waals surface area contributed by atoms with Crippen LogP contribution in [0.15, 0.2) is 52.9 Å². The zero-order valence-corrected chi connectivity index (χ0v) is 17.4. The normalized spacial score (nSPS) is 11.8. The lowest BCUT2D eigenvalue weighted by molar-refractivity contribution is -0.152. The van der Waals surface area contributed by atoms with Gasteiger partial charge in [-0.2, -0.15) is 4.98 Å². The monoisotopic (exact) mass is 396 g/mol. The highest BCUT2D eigenvalue weighted by atomic mass is 16.5. The van der Waals surface area contributed by atoms with E-state index in [1.165, 1.54) is 0 Å². The minimum absolute atomic E-state index is 0.258. The molecule has 0 amide bonds. The number of para-hydroxylation sites is 2. The van der Waals surface area contributed by atoms with Gasteiger partial charge < -0.3 is 19.2 Å². The summed E-state index contributed by atoms with van der Waals surface area (Å²) in [6, 6.07) is 16.3. The van der Waals surface area contributed by atoms with Gasteiger partial charge in [-0.15, -0.1) is 0 Å². The van der Waals surface area contributed by atoms with E-state index in [1.807, 2.05) is 42.5 Å². The maximum absolute atomic E-state index is 11.3. The van der Waals surface area contributed by atoms with Gasteiger partial charge in [0.25, 0.3) is 6.01 Å². The number of ether oxygens (including phenoxy) is 1. The highest BCUT2D eigenvalue weighted by molar-refractivity contribution is 5.76. The van der Waals surface area contributed by atoms with Crippen molar-refractivity contribution in [3.63, 3.8) is 0 Å². The van der Waals surface area contributed by atoms with E-state index in [-0.39, 0.29) is 6.04 Å². The van der Waals surface area contributed by atoms with Gasteiger partial charge in [-0.1, -0.05) is 24.3 Å². The van der Waals surface area contributed by atoms with Crippen molar-refractivity contribution in [2.45, 2.75) is 52.2 Å². The second-order valence-corrected chi connectivity index (χ2v) is 7.92. The van der Waals surface area contributed by atoms with Crippen LogP contribution in [0.3, 0.4) is 0 Å². The summed E-state index contributed by atoms with van der Waals surface area (Å²) in [5.41, 5.74) is 1.49. The van der Waals surface area contributed by atoms with Gasteiger partial charge in [0.2, 0.25) is 0 Å². The fraction of sp³-hybridized carbons (Fsp3) is 0.391. The molecule has 154 valence electrons. The molecule has 0 aliphatic rings. The van der Waals surface area contributed by atoms with Gasteiger partial charge in [-0.3, -0.25) is 0 Å². The second-order valence-electron chi connectivity index (χ2n) is 7.92. The van der Waals surface area contributed by atoms with Crippen LogP contribution in [0, 0.1) is 0 Å². The Kier molecular flexibility index (Phi) is 6.11. The molecule has 29 heavy (non-hydrogen) atoms. The van der Waals surface area contributed by atoms with E-state index in [0.717, 1.165) is 36.0 Å². The molecule has 3 aromatic rings. The Labute approximate surface area is 171 Å². The molecule has 0 aliphatic heterocycles. The number of fused-ring (bicyclic) bond motifs is 1. The number of aliphatic carboxylic acids is 1. The first kappa shape index (κ1) is 20.7. The number of anilines is 1. The van der Waals surface area contributed by atoms with Gasteiger partial charge in [-0.05, 0) is 70.4 Å². The molecule has 0 aliphatic carbocycles. The van der Waals surface area contributed by atoms with Crippen LogP contribution >= 0.6 is 0 Å². The smallest absolute Gasteiger partial charge is 0.347 e. The van der Waals surface area contributed by atoms with Gasteiger partial charge in [0.1, 0.15) is 11.3 Å². The Balaban J connectivity index is 1.64. The van der Waals surface area contributed by atoms with Crippen LogP contribution in [0.2, 0.25) is 0 Å². The zero-order valence-electron chi connectivity index (χ0n) is 17.4. The van der Waals surface area contributed by atoms with Crippen LogP contribution < -0.4 is 9.64 Å². The third-order valence-electron chi connectivity index (χ3n) is 4.80. The Morgan fingerprint density at radius 2 is 1.97 bits per heavy atom. The van der Waals surface area contributed by atoms with E-state index in [1.54, 1.807) is 19.9 Å². The molecule has 6 heteroatoms. The maximum atomic E-state index is 11.3. The predicted octanol–water partition coefficient (Wildman–Crippen LogP) is 4.92. The maximum Gasteiger partial charge on any atom is 0.347 e. The SMILES string of the molecule is CC(C)N(CCCc1cccc(OC(C)(C)C(=O)O)c1)c1nc2ccccc2o1. The number of oxazole rings is 1. The lowest BCUT2D eigenvalue weighted by Gasteiger charge is -2.25. The second kappa shape index (κ2) is 8.55. The summed E-state index contributed by atoms with van der Waals surface area (Å²) in [6.07, 6.45) is 1.75. The van der Waals surface area contributed by atoms with Crippen molar-refractivity contribution in [2.75, 3.05) is 11.4 Å². The molecule has 0 radical (unpaired) electrons. The number of carbonyl (C=O) groups is 1. The van der Waals surface area contributed by atoms with Crippen molar-refractivity contribution in [2.24, 2.45) is 0 Å². The average molecular weight is 396 g/mol. The third kappa shape index (κ3) is 5.08. The topological polar surface area (TPSA) is 75.8 Å². The molecule has 1 N–H and O–H groups in total. The minimum atomic E-state index is -1.26. The van der Waals surface area contributed by atoms with Crippen LogP contribution in [0.25, 0.3) is 11.1 Å². The van der Waals surface area contributed by atoms with Crippen LogP contribution in [-0.4, -0.2) is 34.2 Å². The van der Waals surface area contributed by atoms with Crippen molar-refractivity contribution >= 4 is 23.1 Å². The quantitative estimate of drug-likeness (QED) is 0.553. The molecule has 0 fully saturated rings. The first-order chi connectivity index (χ1) is 13.8. The molecular weight excluding hydrogens is 368 g/mol. The first-order valence-electron chi connectivity index (χ1n) is 9.90. The van der Waals surface area contributed by atoms with E-state index < -0.39 is 11.6 Å². The van der Waals surface area contributed by atoms with E-state index >= 15 is 0 Å². The summed E-state index contributed by atoms with van der Waals surface area (Å²) in [4.78, 5) is 18.1. The molecule has 0 atom stereocenters. The third-order valence-corrected chi connectivity index (χ3v) is 4.80. The fourth-order valence-electron chi connectivity index (χ4n) is 3.11. The number of carboxylic acids is 1. The van der Waals surface area contributed by atoms with Gasteiger partial charge in [0, 0.05) is 12.6 Å². The standard InChI is InChI=1S/C23H28N2O4/c1-16(2)25(22-24-19-12-5-6-13-20(19)28-22)14-8-10-17-9-7-11-18(15-17)29-23(3,4)21(26)27/h5-7,9,11-13,15-16H,8,10,14H2,1-4H3,(H,26,27). The van der Waals surface area contributed by atoms with E-state index in [4.69, 9.17) is 9.15 Å². The molecule has 3 rings (SSSR count). The number of aromatic nitrogens is 1. The number of aryl methyl sites for hydroxylation is 1. The minimum Gasteiger partial charge on any atom is -0.478 e. The number of rotatable bonds is 9. The molecule has 0 bridgehead atoms. The lowest BCUT2D eigenvalue weighted by Crippen LogP contribution is -2.37. The Morgan fingerprint density at radius 3 is 2.66 bits per heavy atom. The Hall–Kier alpha value is -3.02. The molecule has 0 unspecified atom stereocenters. The molecule has 0 saturated heterocycles. The van der Waals surface area contributed by atoms with Gasteiger partial charge in [-0.25, -0.2) is 4.79 Å². The molecule has 6 nitrogen and oxygen atoms in total. The summed E-state index contributed by atoms with van der Waals surface area (Å²) in [6.45, 7) is 8.14. The molecule has 2 aromatic carbocycles. The largest absolute Gasteiger partial charge is 0.478 e. The van der Waals surface area contributed by atoms with Crippen LogP contribution in [-0.2, 0) is 11.2 Å². The van der Waals surface area contributed by atoms with Crippen LogP contribution in [0.4, 0.5) is 6.01 Å². The summed E-state index contributed by atoms with van der Waals surface area (Å²) in [7, 11) is 0. The number of carboxylic acid groups (broad SMARTS) is 1. The first-order valence-corrected chi connectivity index (χ1v) is 9.90. The molecule has 1 heterocycles. The highest BCUT2D eigenvalue weighted by Crippen LogP contribution is 2.24. The Morgan fingerprint density at radius 1 is 1.21 bits per heavy atom. The number of hydrogen-bond acceptors (Lipinski definition) is 5. The number of hydrogen-bond donors (Lipinski definition) is 1. The van der Waals surface area contributed by atoms with Crippen molar-refractivity contribution < 1.29 is 19.1 Å². The van der Waals surface area contributed by atoms with Crippen molar-refractivity contribution in [1.82, 2.24) is 4.98 Å². The van der Waals surface area contributed by atoms with Gasteiger partial charge in [0.15, 0.2) is 11.2 Å². The van der Waals surface area contributed by atoms with Crippen molar-refractivity contribution in [1.29, 1.82) is 0 Å². The summed E-state index contributed by atoms with van der Waals surface area (Å²) in [5.74, 6) is -0.427. The van der Waals surface area contributed by atoms with E-state index in [2.05, 4.69) is 23.7 Å². The fourth-order valence-corrected chi connectivity index (χ4v) is 3.11. The highest BCUT2D eigenvalue weighted by Gasteiger charge is 2.29. The molecule has 1 aromatic heterocycles. The van der Waals surface area contributed by atoms with Crippen molar-refractivity contribution in [3.8, 4) is 5.75 Å². The average Bonchev–Trinajstić information content (AvgIpc) is 3.08. The van der Waals surface area contributed by atoms with Gasteiger partial charge in [0.05, 0.1) is 0 Å². The molecular formula is C23H28N2O4. The number of nitrogens with zero attached hydrogens (tertiary/aromatic N) is 2. The molecule has 0 saturated carbocycles. The lowest BCUT2D eigenvalue weighted by atomic mass is 10.1. The predicted molar refractivity (Wildman–Crippen MR) is 114 cm³/mol. The van der Waals surface area contributed by atoms with Gasteiger partial charge >= 0.3 is 5.97 Å². The van der Waals surface area contributed by atoms with Crippen LogP contribution in [0.1, 0.15) is 39.7 Å². The summed E-state index contributed by atoms with van der Waals surface area (Å²) >= 11 is 0. The zero-order chi connectivity index (χ0) is 21.0. The van der Waals surface area contributed by atoms with E-state index in [0.29, 0.717) is 11.8 Å². The molecule has 0 spiro atoms. The summed E-state index contributed by atoms with van der Waals surface area (Å²) in [5, 5.41) is 9.24. The van der Waals surface area contributed by atoms with Crippen molar-refractivity contribution in [3.05, 3.63) is 54.1 Å². The van der Waals surface area contributed by atoms with Crippen LogP contribution in [0.5, 0.6) is 5.75 Å². The number of benzene rings is 2.